The molecule has 0 unspecified atom stereocenters. The Labute approximate surface area is 95.7 Å². The van der Waals surface area contributed by atoms with Crippen LogP contribution in [0.5, 0.6) is 0 Å². The molecular formula is C13H17N3. The molecule has 1 heterocycles. The molecule has 1 aromatic heterocycles. The fraction of sp³-hybridized carbons (Fsp3) is 0.308. The molecule has 0 aliphatic carbocycles. The predicted molar refractivity (Wildman–Crippen MR) is 67.2 cm³/mol. The highest BCUT2D eigenvalue weighted by atomic mass is 14.9. The Morgan fingerprint density at radius 1 is 1.25 bits per heavy atom. The second kappa shape index (κ2) is 5.05. The Morgan fingerprint density at radius 3 is 2.94 bits per heavy atom. The summed E-state index contributed by atoms with van der Waals surface area (Å²) in [5.74, 6) is 0. The van der Waals surface area contributed by atoms with Crippen LogP contribution in [-0.2, 0) is 6.54 Å². The number of benzene rings is 1. The summed E-state index contributed by atoms with van der Waals surface area (Å²) in [5.41, 5.74) is 8.81. The van der Waals surface area contributed by atoms with Gasteiger partial charge in [0.25, 0.3) is 0 Å². The Hall–Kier alpha value is -1.45. The van der Waals surface area contributed by atoms with Gasteiger partial charge in [-0.25, -0.2) is 0 Å². The zero-order valence-electron chi connectivity index (χ0n) is 9.53. The normalized spacial score (nSPS) is 10.9. The highest BCUT2D eigenvalue weighted by Gasteiger charge is 1.97. The maximum Gasteiger partial charge on any atom is 0.0705 e. The van der Waals surface area contributed by atoms with E-state index in [4.69, 9.17) is 5.73 Å². The highest BCUT2D eigenvalue weighted by Crippen LogP contribution is 2.14. The maximum absolute atomic E-state index is 5.43. The first-order valence-electron chi connectivity index (χ1n) is 5.56. The van der Waals surface area contributed by atoms with Crippen molar-refractivity contribution in [1.29, 1.82) is 0 Å². The summed E-state index contributed by atoms with van der Waals surface area (Å²) in [6, 6.07) is 10.5. The van der Waals surface area contributed by atoms with Crippen LogP contribution in [0.2, 0.25) is 0 Å². The molecule has 0 radical (unpaired) electrons. The van der Waals surface area contributed by atoms with Gasteiger partial charge in [-0.3, -0.25) is 4.98 Å². The molecule has 0 fully saturated rings. The topological polar surface area (TPSA) is 50.9 Å². The average Bonchev–Trinajstić information content (AvgIpc) is 2.29. The number of hydrogen-bond acceptors (Lipinski definition) is 3. The molecule has 2 aromatic rings. The van der Waals surface area contributed by atoms with Crippen molar-refractivity contribution >= 4 is 10.9 Å². The molecule has 0 amide bonds. The van der Waals surface area contributed by atoms with Crippen LogP contribution < -0.4 is 11.1 Å². The molecule has 0 aliphatic rings. The van der Waals surface area contributed by atoms with Gasteiger partial charge in [-0.05, 0) is 30.7 Å². The summed E-state index contributed by atoms with van der Waals surface area (Å²) in [6.07, 6.45) is 0. The predicted octanol–water partition coefficient (Wildman–Crippen LogP) is 1.59. The van der Waals surface area contributed by atoms with E-state index >= 15 is 0 Å². The van der Waals surface area contributed by atoms with Crippen molar-refractivity contribution in [1.82, 2.24) is 10.3 Å². The van der Waals surface area contributed by atoms with Gasteiger partial charge in [0.1, 0.15) is 0 Å². The lowest BCUT2D eigenvalue weighted by molar-refractivity contribution is 0.695. The fourth-order valence-corrected chi connectivity index (χ4v) is 1.72. The summed E-state index contributed by atoms with van der Waals surface area (Å²) >= 11 is 0. The molecule has 2 rings (SSSR count). The smallest absolute Gasteiger partial charge is 0.0705 e. The molecule has 0 atom stereocenters. The lowest BCUT2D eigenvalue weighted by atomic mass is 10.1. The van der Waals surface area contributed by atoms with Gasteiger partial charge in [0.15, 0.2) is 0 Å². The Bertz CT molecular complexity index is 480. The highest BCUT2D eigenvalue weighted by molar-refractivity contribution is 5.79. The number of hydrogen-bond donors (Lipinski definition) is 2. The Morgan fingerprint density at radius 2 is 2.12 bits per heavy atom. The third kappa shape index (κ3) is 2.56. The first-order chi connectivity index (χ1) is 7.79. The van der Waals surface area contributed by atoms with E-state index in [2.05, 4.69) is 34.6 Å². The number of rotatable bonds is 4. The van der Waals surface area contributed by atoms with Crippen LogP contribution in [0.3, 0.4) is 0 Å². The Kier molecular flexibility index (Phi) is 3.49. The standard InChI is InChI=1S/C13H17N3/c1-10-2-4-12-8-11(9-15-7-6-14)3-5-13(12)16-10/h2-5,8,15H,6-7,9,14H2,1H3. The first kappa shape index (κ1) is 11.0. The van der Waals surface area contributed by atoms with E-state index in [1.54, 1.807) is 0 Å². The third-order valence-corrected chi connectivity index (χ3v) is 2.54. The van der Waals surface area contributed by atoms with Crippen LogP contribution in [0.1, 0.15) is 11.3 Å². The number of nitrogens with two attached hydrogens (primary N) is 1. The fourth-order valence-electron chi connectivity index (χ4n) is 1.72. The van der Waals surface area contributed by atoms with Crippen molar-refractivity contribution in [2.75, 3.05) is 13.1 Å². The van der Waals surface area contributed by atoms with E-state index in [-0.39, 0.29) is 0 Å². The van der Waals surface area contributed by atoms with Crippen molar-refractivity contribution in [3.05, 3.63) is 41.6 Å². The number of nitrogens with zero attached hydrogens (tertiary/aromatic N) is 1. The zero-order valence-corrected chi connectivity index (χ0v) is 9.53. The molecule has 0 saturated heterocycles. The summed E-state index contributed by atoms with van der Waals surface area (Å²) in [5, 5.41) is 4.47. The molecule has 16 heavy (non-hydrogen) atoms. The number of pyridine rings is 1. The second-order valence-electron chi connectivity index (χ2n) is 3.95. The van der Waals surface area contributed by atoms with E-state index in [9.17, 15) is 0 Å². The number of fused-ring (bicyclic) bond motifs is 1. The van der Waals surface area contributed by atoms with Crippen LogP contribution in [0.25, 0.3) is 10.9 Å². The zero-order chi connectivity index (χ0) is 11.4. The molecule has 1 aromatic carbocycles. The first-order valence-corrected chi connectivity index (χ1v) is 5.56. The number of nitrogens with one attached hydrogen (secondary N) is 1. The van der Waals surface area contributed by atoms with Crippen LogP contribution in [0.4, 0.5) is 0 Å². The van der Waals surface area contributed by atoms with Gasteiger partial charge in [0.05, 0.1) is 5.52 Å². The minimum absolute atomic E-state index is 0.675. The van der Waals surface area contributed by atoms with Gasteiger partial charge in [-0.2, -0.15) is 0 Å². The van der Waals surface area contributed by atoms with Gasteiger partial charge in [-0.15, -0.1) is 0 Å². The molecular weight excluding hydrogens is 198 g/mol. The van der Waals surface area contributed by atoms with Gasteiger partial charge in [0.2, 0.25) is 0 Å². The molecule has 0 spiro atoms. The third-order valence-electron chi connectivity index (χ3n) is 2.54. The van der Waals surface area contributed by atoms with E-state index in [0.717, 1.165) is 24.3 Å². The van der Waals surface area contributed by atoms with Crippen LogP contribution >= 0.6 is 0 Å². The van der Waals surface area contributed by atoms with Gasteiger partial charge in [-0.1, -0.05) is 12.1 Å². The van der Waals surface area contributed by atoms with E-state index < -0.39 is 0 Å². The molecule has 0 bridgehead atoms. The second-order valence-corrected chi connectivity index (χ2v) is 3.95. The summed E-state index contributed by atoms with van der Waals surface area (Å²) < 4.78 is 0. The van der Waals surface area contributed by atoms with Crippen molar-refractivity contribution < 1.29 is 0 Å². The molecule has 3 N–H and O–H groups in total. The molecule has 3 heteroatoms. The minimum atomic E-state index is 0.675. The SMILES string of the molecule is Cc1ccc2cc(CNCCN)ccc2n1. The van der Waals surface area contributed by atoms with Crippen molar-refractivity contribution in [2.45, 2.75) is 13.5 Å². The minimum Gasteiger partial charge on any atom is -0.329 e. The van der Waals surface area contributed by atoms with Gasteiger partial charge >= 0.3 is 0 Å². The van der Waals surface area contributed by atoms with Gasteiger partial charge in [0, 0.05) is 30.7 Å². The van der Waals surface area contributed by atoms with Crippen molar-refractivity contribution in [3.63, 3.8) is 0 Å². The van der Waals surface area contributed by atoms with Gasteiger partial charge < -0.3 is 11.1 Å². The monoisotopic (exact) mass is 215 g/mol. The van der Waals surface area contributed by atoms with Crippen molar-refractivity contribution in [2.24, 2.45) is 5.73 Å². The average molecular weight is 215 g/mol. The molecule has 3 nitrogen and oxygen atoms in total. The van der Waals surface area contributed by atoms with E-state index in [0.29, 0.717) is 6.54 Å². The summed E-state index contributed by atoms with van der Waals surface area (Å²) in [6.45, 7) is 4.40. The Balaban J connectivity index is 2.20. The lowest BCUT2D eigenvalue weighted by Crippen LogP contribution is -2.21. The van der Waals surface area contributed by atoms with Crippen LogP contribution in [0, 0.1) is 6.92 Å². The van der Waals surface area contributed by atoms with E-state index in [1.165, 1.54) is 10.9 Å². The summed E-state index contributed by atoms with van der Waals surface area (Å²) in [4.78, 5) is 4.47. The number of aryl methyl sites for hydroxylation is 1. The maximum atomic E-state index is 5.43. The van der Waals surface area contributed by atoms with E-state index in [1.807, 2.05) is 13.0 Å². The lowest BCUT2D eigenvalue weighted by Gasteiger charge is -2.05. The number of aromatic nitrogens is 1. The molecule has 84 valence electrons. The summed E-state index contributed by atoms with van der Waals surface area (Å²) in [7, 11) is 0. The van der Waals surface area contributed by atoms with Crippen LogP contribution in [0.15, 0.2) is 30.3 Å². The quantitative estimate of drug-likeness (QED) is 0.761. The largest absolute Gasteiger partial charge is 0.329 e. The molecule has 0 saturated carbocycles. The molecule has 0 aliphatic heterocycles. The van der Waals surface area contributed by atoms with Crippen LogP contribution in [-0.4, -0.2) is 18.1 Å². The van der Waals surface area contributed by atoms with Crippen molar-refractivity contribution in [3.8, 4) is 0 Å².